The van der Waals surface area contributed by atoms with Crippen LogP contribution in [0, 0.1) is 6.92 Å². The van der Waals surface area contributed by atoms with Gasteiger partial charge in [0.2, 0.25) is 0 Å². The molecule has 4 N–H and O–H groups in total. The zero-order chi connectivity index (χ0) is 22.9. The summed E-state index contributed by atoms with van der Waals surface area (Å²) < 4.78 is 0. The predicted molar refractivity (Wildman–Crippen MR) is 149 cm³/mol. The molecule has 0 spiro atoms. The third-order valence-corrected chi connectivity index (χ3v) is 5.32. The number of anilines is 2. The molecule has 0 aliphatic carbocycles. The summed E-state index contributed by atoms with van der Waals surface area (Å²) in [5, 5.41) is 12.6. The normalized spacial score (nSPS) is 15.7. The summed E-state index contributed by atoms with van der Waals surface area (Å²) in [5.41, 5.74) is 4.41. The fourth-order valence-electron chi connectivity index (χ4n) is 3.67. The number of aryl methyl sites for hydroxylation is 1. The van der Waals surface area contributed by atoms with Crippen LogP contribution in [0.3, 0.4) is 0 Å². The van der Waals surface area contributed by atoms with E-state index in [4.69, 9.17) is 4.99 Å². The number of rotatable bonds is 7. The molecule has 7 nitrogen and oxygen atoms in total. The number of urea groups is 1. The van der Waals surface area contributed by atoms with Crippen LogP contribution in [-0.2, 0) is 6.54 Å². The van der Waals surface area contributed by atoms with E-state index < -0.39 is 0 Å². The van der Waals surface area contributed by atoms with E-state index in [-0.39, 0.29) is 36.0 Å². The minimum absolute atomic E-state index is 0. The second-order valence-electron chi connectivity index (χ2n) is 8.56. The molecule has 1 aliphatic heterocycles. The second-order valence-corrected chi connectivity index (χ2v) is 8.56. The molecule has 1 unspecified atom stereocenters. The van der Waals surface area contributed by atoms with E-state index in [1.165, 1.54) is 11.3 Å². The molecule has 1 fully saturated rings. The standard InChI is InChI=1S/C25H36N6O.HI/c1-5-26-24(29-22-14-15-31(17-22)23-12-6-19(4)7-13-23)27-16-20-8-10-21(11-9-20)30-25(32)28-18(2)3;/h6-13,18,22H,5,14-17H2,1-4H3,(H2,26,27,29)(H2,28,30,32);1H. The van der Waals surface area contributed by atoms with E-state index in [2.05, 4.69) is 64.3 Å². The van der Waals surface area contributed by atoms with Gasteiger partial charge in [-0.2, -0.15) is 0 Å². The van der Waals surface area contributed by atoms with Gasteiger partial charge in [-0.25, -0.2) is 9.79 Å². The fourth-order valence-corrected chi connectivity index (χ4v) is 3.67. The smallest absolute Gasteiger partial charge is 0.319 e. The van der Waals surface area contributed by atoms with Crippen LogP contribution in [-0.4, -0.2) is 43.7 Å². The molecule has 180 valence electrons. The van der Waals surface area contributed by atoms with E-state index in [1.807, 2.05) is 38.1 Å². The van der Waals surface area contributed by atoms with Crippen molar-refractivity contribution >= 4 is 47.3 Å². The van der Waals surface area contributed by atoms with E-state index in [0.717, 1.165) is 43.3 Å². The lowest BCUT2D eigenvalue weighted by Gasteiger charge is -2.20. The number of nitrogens with one attached hydrogen (secondary N) is 4. The van der Waals surface area contributed by atoms with Gasteiger partial charge in [-0.3, -0.25) is 0 Å². The third kappa shape index (κ3) is 8.75. The molecule has 1 saturated heterocycles. The van der Waals surface area contributed by atoms with Crippen molar-refractivity contribution in [1.82, 2.24) is 16.0 Å². The number of amides is 2. The van der Waals surface area contributed by atoms with Crippen molar-refractivity contribution < 1.29 is 4.79 Å². The number of benzene rings is 2. The second kappa shape index (κ2) is 13.3. The lowest BCUT2D eigenvalue weighted by molar-refractivity contribution is 0.250. The van der Waals surface area contributed by atoms with Crippen LogP contribution in [0.2, 0.25) is 0 Å². The number of carbonyl (C=O) groups excluding carboxylic acids is 1. The van der Waals surface area contributed by atoms with Gasteiger partial charge in [0, 0.05) is 43.1 Å². The Hall–Kier alpha value is -2.49. The predicted octanol–water partition coefficient (Wildman–Crippen LogP) is 4.48. The van der Waals surface area contributed by atoms with Crippen LogP contribution in [0.15, 0.2) is 53.5 Å². The van der Waals surface area contributed by atoms with Crippen LogP contribution in [0.5, 0.6) is 0 Å². The maximum absolute atomic E-state index is 11.8. The Morgan fingerprint density at radius 3 is 2.45 bits per heavy atom. The number of aliphatic imine (C=N–C) groups is 1. The molecule has 1 heterocycles. The quantitative estimate of drug-likeness (QED) is 0.227. The SMILES string of the molecule is CCNC(=NCc1ccc(NC(=O)NC(C)C)cc1)NC1CCN(c2ccc(C)cc2)C1.I. The molecule has 0 bridgehead atoms. The molecule has 0 saturated carbocycles. The average Bonchev–Trinajstić information content (AvgIpc) is 3.21. The van der Waals surface area contributed by atoms with Gasteiger partial charge >= 0.3 is 6.03 Å². The molecule has 2 aromatic carbocycles. The largest absolute Gasteiger partial charge is 0.369 e. The summed E-state index contributed by atoms with van der Waals surface area (Å²) in [5.74, 6) is 0.835. The summed E-state index contributed by atoms with van der Waals surface area (Å²) in [6.07, 6.45) is 1.08. The van der Waals surface area contributed by atoms with E-state index in [9.17, 15) is 4.79 Å². The molecule has 0 aromatic heterocycles. The number of hydrogen-bond acceptors (Lipinski definition) is 3. The van der Waals surface area contributed by atoms with Crippen molar-refractivity contribution in [2.75, 3.05) is 29.9 Å². The van der Waals surface area contributed by atoms with Crippen molar-refractivity contribution in [3.8, 4) is 0 Å². The zero-order valence-corrected chi connectivity index (χ0v) is 22.4. The summed E-state index contributed by atoms with van der Waals surface area (Å²) in [7, 11) is 0. The first-order valence-corrected chi connectivity index (χ1v) is 11.5. The topological polar surface area (TPSA) is 80.8 Å². The Morgan fingerprint density at radius 2 is 1.82 bits per heavy atom. The Kier molecular flexibility index (Phi) is 10.8. The van der Waals surface area contributed by atoms with Crippen molar-refractivity contribution in [3.05, 3.63) is 59.7 Å². The zero-order valence-electron chi connectivity index (χ0n) is 20.0. The van der Waals surface area contributed by atoms with Crippen molar-refractivity contribution in [2.24, 2.45) is 4.99 Å². The van der Waals surface area contributed by atoms with E-state index >= 15 is 0 Å². The Bertz CT molecular complexity index is 898. The molecule has 1 aliphatic rings. The molecule has 1 atom stereocenters. The van der Waals surface area contributed by atoms with Crippen LogP contribution in [0.25, 0.3) is 0 Å². The molecule has 3 rings (SSSR count). The van der Waals surface area contributed by atoms with Gasteiger partial charge in [0.05, 0.1) is 6.54 Å². The molecular formula is C25H37IN6O. The Labute approximate surface area is 214 Å². The average molecular weight is 565 g/mol. The number of halogens is 1. The molecule has 0 radical (unpaired) electrons. The number of carbonyl (C=O) groups is 1. The number of guanidine groups is 1. The minimum Gasteiger partial charge on any atom is -0.369 e. The van der Waals surface area contributed by atoms with Crippen LogP contribution >= 0.6 is 24.0 Å². The molecule has 2 aromatic rings. The first-order valence-electron chi connectivity index (χ1n) is 11.5. The summed E-state index contributed by atoms with van der Waals surface area (Å²) in [6, 6.07) is 16.8. The highest BCUT2D eigenvalue weighted by Gasteiger charge is 2.23. The van der Waals surface area contributed by atoms with Gasteiger partial charge in [-0.05, 0) is 63.9 Å². The van der Waals surface area contributed by atoms with Crippen LogP contribution < -0.4 is 26.2 Å². The van der Waals surface area contributed by atoms with Gasteiger partial charge in [-0.1, -0.05) is 29.8 Å². The van der Waals surface area contributed by atoms with Gasteiger partial charge in [0.25, 0.3) is 0 Å². The first kappa shape index (κ1) is 26.8. The van der Waals surface area contributed by atoms with Crippen LogP contribution in [0.4, 0.5) is 16.2 Å². The van der Waals surface area contributed by atoms with Gasteiger partial charge in [0.15, 0.2) is 5.96 Å². The monoisotopic (exact) mass is 564 g/mol. The summed E-state index contributed by atoms with van der Waals surface area (Å²) >= 11 is 0. The fraction of sp³-hybridized carbons (Fsp3) is 0.440. The lowest BCUT2D eigenvalue weighted by atomic mass is 10.2. The van der Waals surface area contributed by atoms with Crippen LogP contribution in [0.1, 0.15) is 38.3 Å². The van der Waals surface area contributed by atoms with Crippen molar-refractivity contribution in [1.29, 1.82) is 0 Å². The maximum Gasteiger partial charge on any atom is 0.319 e. The van der Waals surface area contributed by atoms with Crippen molar-refractivity contribution in [2.45, 2.75) is 52.7 Å². The Balaban J connectivity index is 0.00000385. The Morgan fingerprint density at radius 1 is 1.12 bits per heavy atom. The lowest BCUT2D eigenvalue weighted by Crippen LogP contribution is -2.44. The molecule has 33 heavy (non-hydrogen) atoms. The minimum atomic E-state index is -0.194. The number of nitrogens with zero attached hydrogens (tertiary/aromatic N) is 2. The highest BCUT2D eigenvalue weighted by molar-refractivity contribution is 14.0. The maximum atomic E-state index is 11.8. The first-order chi connectivity index (χ1) is 15.4. The summed E-state index contributed by atoms with van der Waals surface area (Å²) in [4.78, 5) is 19.0. The highest BCUT2D eigenvalue weighted by Crippen LogP contribution is 2.20. The summed E-state index contributed by atoms with van der Waals surface area (Å²) in [6.45, 7) is 11.4. The van der Waals surface area contributed by atoms with Gasteiger partial charge in [0.1, 0.15) is 0 Å². The third-order valence-electron chi connectivity index (χ3n) is 5.32. The van der Waals surface area contributed by atoms with Gasteiger partial charge < -0.3 is 26.2 Å². The van der Waals surface area contributed by atoms with E-state index in [0.29, 0.717) is 12.6 Å². The molecule has 2 amide bonds. The van der Waals surface area contributed by atoms with E-state index in [1.54, 1.807) is 0 Å². The van der Waals surface area contributed by atoms with Gasteiger partial charge in [-0.15, -0.1) is 24.0 Å². The van der Waals surface area contributed by atoms with Crippen molar-refractivity contribution in [3.63, 3.8) is 0 Å². The number of hydrogen-bond donors (Lipinski definition) is 4. The molecular weight excluding hydrogens is 527 g/mol. The molecule has 8 heteroatoms. The highest BCUT2D eigenvalue weighted by atomic mass is 127.